The highest BCUT2D eigenvalue weighted by Gasteiger charge is 2.28. The molecule has 0 atom stereocenters. The molecule has 0 aliphatic carbocycles. The lowest BCUT2D eigenvalue weighted by molar-refractivity contribution is -0.135. The highest BCUT2D eigenvalue weighted by atomic mass is 32.2. The Balaban J connectivity index is 1.66. The molecule has 10 heteroatoms. The maximum atomic E-state index is 12.5. The minimum absolute atomic E-state index is 0.0332. The number of carbonyl (C=O) groups excluding carboxylic acids is 1. The van der Waals surface area contributed by atoms with E-state index >= 15 is 0 Å². The topological polar surface area (TPSA) is 94.0 Å². The number of carbonyl (C=O) groups is 1. The van der Waals surface area contributed by atoms with Crippen molar-refractivity contribution < 1.29 is 22.7 Å². The van der Waals surface area contributed by atoms with E-state index in [9.17, 15) is 13.2 Å². The summed E-state index contributed by atoms with van der Waals surface area (Å²) in [6, 6.07) is 0. The Morgan fingerprint density at radius 1 is 1.09 bits per heavy atom. The van der Waals surface area contributed by atoms with Gasteiger partial charge in [-0.1, -0.05) is 0 Å². The molecule has 0 radical (unpaired) electrons. The molecule has 2 aliphatic rings. The first-order valence-electron chi connectivity index (χ1n) is 7.52. The summed E-state index contributed by atoms with van der Waals surface area (Å²) in [5, 5.41) is -0.0332. The lowest BCUT2D eigenvalue weighted by atomic mass is 10.4. The average Bonchev–Trinajstić information content (AvgIpc) is 3.06. The molecule has 128 valence electrons. The monoisotopic (exact) mass is 344 g/mol. The van der Waals surface area contributed by atoms with Crippen LogP contribution < -0.4 is 0 Å². The summed E-state index contributed by atoms with van der Waals surface area (Å²) in [6.45, 7) is 3.68. The van der Waals surface area contributed by atoms with Crippen LogP contribution in [0.25, 0.3) is 0 Å². The Morgan fingerprint density at radius 2 is 1.70 bits per heavy atom. The van der Waals surface area contributed by atoms with Crippen LogP contribution in [0, 0.1) is 0 Å². The summed E-state index contributed by atoms with van der Waals surface area (Å²) in [5.74, 6) is -0.0685. The molecule has 0 spiro atoms. The zero-order valence-electron chi connectivity index (χ0n) is 12.8. The minimum atomic E-state index is -3.63. The third kappa shape index (κ3) is 3.71. The van der Waals surface area contributed by atoms with Crippen molar-refractivity contribution >= 4 is 15.9 Å². The third-order valence-electron chi connectivity index (χ3n) is 3.87. The number of ether oxygens (including phenoxy) is 2. The number of aromatic nitrogens is 2. The van der Waals surface area contributed by atoms with Crippen LogP contribution in [0.15, 0.2) is 17.6 Å². The summed E-state index contributed by atoms with van der Waals surface area (Å²) in [5.41, 5.74) is 0. The molecule has 0 saturated carbocycles. The third-order valence-corrected chi connectivity index (χ3v) is 5.65. The van der Waals surface area contributed by atoms with Crippen LogP contribution in [0.3, 0.4) is 0 Å². The van der Waals surface area contributed by atoms with Gasteiger partial charge < -0.3 is 18.9 Å². The summed E-state index contributed by atoms with van der Waals surface area (Å²) in [4.78, 5) is 17.8. The Morgan fingerprint density at radius 3 is 2.35 bits per heavy atom. The molecule has 2 aliphatic heterocycles. The fourth-order valence-corrected chi connectivity index (χ4v) is 3.89. The summed E-state index contributed by atoms with van der Waals surface area (Å²) in [6.07, 6.45) is 2.79. The van der Waals surface area contributed by atoms with Gasteiger partial charge in [-0.25, -0.2) is 13.4 Å². The molecule has 1 aromatic heterocycles. The van der Waals surface area contributed by atoms with Gasteiger partial charge in [0.05, 0.1) is 32.8 Å². The van der Waals surface area contributed by atoms with Crippen molar-refractivity contribution in [3.8, 4) is 0 Å². The second-order valence-electron chi connectivity index (χ2n) is 5.39. The van der Waals surface area contributed by atoms with Crippen LogP contribution in [0.5, 0.6) is 0 Å². The molecule has 2 saturated heterocycles. The normalized spacial score (nSPS) is 20.6. The Bertz CT molecular complexity index is 647. The van der Waals surface area contributed by atoms with E-state index in [0.29, 0.717) is 52.6 Å². The van der Waals surface area contributed by atoms with E-state index in [0.717, 1.165) is 0 Å². The molecular formula is C13H20N4O5S. The van der Waals surface area contributed by atoms with Crippen LogP contribution in [0.2, 0.25) is 0 Å². The number of hydrogen-bond donors (Lipinski definition) is 0. The molecule has 0 N–H and O–H groups in total. The SMILES string of the molecule is O=C(Cn1cnc(S(=O)(=O)N2CCOCC2)c1)N1CCOCC1. The number of imidazole rings is 1. The van der Waals surface area contributed by atoms with E-state index in [4.69, 9.17) is 9.47 Å². The van der Waals surface area contributed by atoms with Crippen LogP contribution in [0.1, 0.15) is 0 Å². The predicted octanol–water partition coefficient (Wildman–Crippen LogP) is -1.24. The quantitative estimate of drug-likeness (QED) is 0.678. The molecule has 2 fully saturated rings. The highest BCUT2D eigenvalue weighted by Crippen LogP contribution is 2.15. The van der Waals surface area contributed by atoms with E-state index in [2.05, 4.69) is 4.98 Å². The average molecular weight is 344 g/mol. The molecular weight excluding hydrogens is 324 g/mol. The maximum absolute atomic E-state index is 12.5. The first-order chi connectivity index (χ1) is 11.1. The van der Waals surface area contributed by atoms with Gasteiger partial charge in [0.25, 0.3) is 10.0 Å². The molecule has 3 rings (SSSR count). The van der Waals surface area contributed by atoms with Gasteiger partial charge in [0.2, 0.25) is 5.91 Å². The highest BCUT2D eigenvalue weighted by molar-refractivity contribution is 7.89. The molecule has 0 bridgehead atoms. The lowest BCUT2D eigenvalue weighted by Crippen LogP contribution is -2.42. The van der Waals surface area contributed by atoms with Gasteiger partial charge in [0.15, 0.2) is 5.03 Å². The van der Waals surface area contributed by atoms with E-state index < -0.39 is 10.0 Å². The molecule has 23 heavy (non-hydrogen) atoms. The molecule has 0 unspecified atom stereocenters. The lowest BCUT2D eigenvalue weighted by Gasteiger charge is -2.26. The van der Waals surface area contributed by atoms with Gasteiger partial charge >= 0.3 is 0 Å². The fraction of sp³-hybridized carbons (Fsp3) is 0.692. The van der Waals surface area contributed by atoms with Crippen LogP contribution in [-0.2, 0) is 30.8 Å². The Labute approximate surface area is 134 Å². The summed E-state index contributed by atoms with van der Waals surface area (Å²) >= 11 is 0. The zero-order valence-corrected chi connectivity index (χ0v) is 13.6. The number of rotatable bonds is 4. The molecule has 1 aromatic rings. The van der Waals surface area contributed by atoms with E-state index in [1.54, 1.807) is 4.90 Å². The van der Waals surface area contributed by atoms with Gasteiger partial charge in [-0.05, 0) is 0 Å². The van der Waals surface area contributed by atoms with Gasteiger partial charge in [-0.3, -0.25) is 4.79 Å². The number of sulfonamides is 1. The second-order valence-corrected chi connectivity index (χ2v) is 7.28. The van der Waals surface area contributed by atoms with E-state index in [1.165, 1.54) is 21.4 Å². The minimum Gasteiger partial charge on any atom is -0.379 e. The Kier molecular flexibility index (Phi) is 4.95. The zero-order chi connectivity index (χ0) is 16.3. The second kappa shape index (κ2) is 6.95. The smallest absolute Gasteiger partial charge is 0.262 e. The first kappa shape index (κ1) is 16.4. The number of amides is 1. The van der Waals surface area contributed by atoms with Crippen molar-refractivity contribution in [1.29, 1.82) is 0 Å². The van der Waals surface area contributed by atoms with Crippen molar-refractivity contribution in [1.82, 2.24) is 18.8 Å². The van der Waals surface area contributed by atoms with Crippen molar-refractivity contribution in [3.63, 3.8) is 0 Å². The number of morpholine rings is 2. The van der Waals surface area contributed by atoms with Crippen LogP contribution >= 0.6 is 0 Å². The van der Waals surface area contributed by atoms with Crippen molar-refractivity contribution in [3.05, 3.63) is 12.5 Å². The summed E-state index contributed by atoms with van der Waals surface area (Å²) in [7, 11) is -3.63. The van der Waals surface area contributed by atoms with Crippen LogP contribution in [-0.4, -0.2) is 85.7 Å². The van der Waals surface area contributed by atoms with Crippen molar-refractivity contribution in [2.75, 3.05) is 52.6 Å². The van der Waals surface area contributed by atoms with Gasteiger partial charge in [-0.2, -0.15) is 4.31 Å². The van der Waals surface area contributed by atoms with E-state index in [1.807, 2.05) is 0 Å². The first-order valence-corrected chi connectivity index (χ1v) is 8.96. The fourth-order valence-electron chi connectivity index (χ4n) is 2.55. The number of nitrogens with zero attached hydrogens (tertiary/aromatic N) is 4. The standard InChI is InChI=1S/C13H20N4O5S/c18-13(16-1-5-21-6-2-16)10-15-9-12(14-11-15)23(19,20)17-3-7-22-8-4-17/h9,11H,1-8,10H2. The number of hydrogen-bond acceptors (Lipinski definition) is 6. The van der Waals surface area contributed by atoms with Gasteiger partial charge in [0, 0.05) is 32.4 Å². The maximum Gasteiger partial charge on any atom is 0.262 e. The van der Waals surface area contributed by atoms with E-state index in [-0.39, 0.29) is 17.5 Å². The molecule has 3 heterocycles. The predicted molar refractivity (Wildman–Crippen MR) is 79.2 cm³/mol. The molecule has 0 aromatic carbocycles. The summed E-state index contributed by atoms with van der Waals surface area (Å²) < 4.78 is 38.2. The molecule has 1 amide bonds. The molecule has 9 nitrogen and oxygen atoms in total. The van der Waals surface area contributed by atoms with Gasteiger partial charge in [-0.15, -0.1) is 0 Å². The van der Waals surface area contributed by atoms with Crippen molar-refractivity contribution in [2.45, 2.75) is 11.6 Å². The van der Waals surface area contributed by atoms with Crippen LogP contribution in [0.4, 0.5) is 0 Å². The Hall–Kier alpha value is -1.49. The van der Waals surface area contributed by atoms with Crippen molar-refractivity contribution in [2.24, 2.45) is 0 Å². The van der Waals surface area contributed by atoms with Gasteiger partial charge in [0.1, 0.15) is 6.54 Å². The largest absolute Gasteiger partial charge is 0.379 e.